The van der Waals surface area contributed by atoms with Crippen LogP contribution in [0.1, 0.15) is 32.6 Å². The van der Waals surface area contributed by atoms with Crippen molar-refractivity contribution < 1.29 is 19.1 Å². The number of carbonyl (C=O) groups is 2. The van der Waals surface area contributed by atoms with Crippen LogP contribution in [0.25, 0.3) is 10.2 Å². The Hall–Kier alpha value is -2.35. The van der Waals surface area contributed by atoms with Crippen molar-refractivity contribution in [2.45, 2.75) is 38.6 Å². The molecule has 0 radical (unpaired) electrons. The second-order valence-corrected chi connectivity index (χ2v) is 7.71. The van der Waals surface area contributed by atoms with Crippen molar-refractivity contribution in [3.63, 3.8) is 0 Å². The highest BCUT2D eigenvalue weighted by atomic mass is 32.1. The van der Waals surface area contributed by atoms with Gasteiger partial charge in [0.15, 0.2) is 16.6 Å². The van der Waals surface area contributed by atoms with Gasteiger partial charge >= 0.3 is 0 Å². The molecular weight excluding hydrogens is 354 g/mol. The third-order valence-corrected chi connectivity index (χ3v) is 5.69. The van der Waals surface area contributed by atoms with Gasteiger partial charge in [-0.05, 0) is 19.8 Å². The first-order chi connectivity index (χ1) is 12.6. The van der Waals surface area contributed by atoms with Crippen molar-refractivity contribution in [1.82, 2.24) is 10.3 Å². The fourth-order valence-corrected chi connectivity index (χ4v) is 4.20. The van der Waals surface area contributed by atoms with Crippen LogP contribution in [-0.2, 0) is 9.59 Å². The number of amides is 2. The predicted octanol–water partition coefficient (Wildman–Crippen LogP) is 2.70. The maximum absolute atomic E-state index is 12.4. The summed E-state index contributed by atoms with van der Waals surface area (Å²) in [4.78, 5) is 29.0. The molecule has 1 aromatic carbocycles. The molecule has 1 saturated carbocycles. The molecule has 2 aromatic rings. The van der Waals surface area contributed by atoms with Crippen LogP contribution in [0.15, 0.2) is 12.1 Å². The van der Waals surface area contributed by atoms with Gasteiger partial charge in [-0.25, -0.2) is 4.98 Å². The van der Waals surface area contributed by atoms with E-state index in [1.54, 1.807) is 6.92 Å². The molecule has 0 saturated heterocycles. The average Bonchev–Trinajstić information content (AvgIpc) is 3.28. The first kappa shape index (κ1) is 17.1. The summed E-state index contributed by atoms with van der Waals surface area (Å²) in [6.07, 6.45) is 3.99. The molecule has 138 valence electrons. The van der Waals surface area contributed by atoms with Gasteiger partial charge in [-0.3, -0.25) is 9.59 Å². The Balaban J connectivity index is 1.42. The number of rotatable bonds is 4. The SMILES string of the molecule is C[C@@H](NC(=O)C1CCCC1)C(=O)Nc1nc2cc3c(cc2s1)OCCO3. The number of nitrogens with one attached hydrogen (secondary N) is 2. The molecule has 4 rings (SSSR count). The van der Waals surface area contributed by atoms with Gasteiger partial charge in [-0.2, -0.15) is 0 Å². The van der Waals surface area contributed by atoms with Crippen molar-refractivity contribution in [3.05, 3.63) is 12.1 Å². The number of hydrogen-bond acceptors (Lipinski definition) is 6. The summed E-state index contributed by atoms with van der Waals surface area (Å²) < 4.78 is 12.0. The molecule has 2 amide bonds. The minimum Gasteiger partial charge on any atom is -0.486 e. The number of benzene rings is 1. The van der Waals surface area contributed by atoms with E-state index >= 15 is 0 Å². The number of ether oxygens (including phenoxy) is 2. The van der Waals surface area contributed by atoms with Crippen LogP contribution in [0.3, 0.4) is 0 Å². The van der Waals surface area contributed by atoms with E-state index in [1.807, 2.05) is 12.1 Å². The fraction of sp³-hybridized carbons (Fsp3) is 0.500. The smallest absolute Gasteiger partial charge is 0.248 e. The number of aromatic nitrogens is 1. The van der Waals surface area contributed by atoms with E-state index in [-0.39, 0.29) is 17.7 Å². The summed E-state index contributed by atoms with van der Waals surface area (Å²) in [5.41, 5.74) is 0.747. The second kappa shape index (κ2) is 7.11. The Morgan fingerprint density at radius 3 is 2.62 bits per heavy atom. The molecule has 0 unspecified atom stereocenters. The normalized spacial score (nSPS) is 17.9. The van der Waals surface area contributed by atoms with Crippen LogP contribution in [-0.4, -0.2) is 36.1 Å². The molecule has 0 spiro atoms. The van der Waals surface area contributed by atoms with Gasteiger partial charge in [0.05, 0.1) is 10.2 Å². The Kier molecular flexibility index (Phi) is 4.67. The lowest BCUT2D eigenvalue weighted by Gasteiger charge is -2.17. The molecule has 7 nitrogen and oxygen atoms in total. The van der Waals surface area contributed by atoms with Crippen molar-refractivity contribution in [2.75, 3.05) is 18.5 Å². The number of carbonyl (C=O) groups excluding carboxylic acids is 2. The van der Waals surface area contributed by atoms with Crippen LogP contribution in [0.5, 0.6) is 11.5 Å². The summed E-state index contributed by atoms with van der Waals surface area (Å²) in [5.74, 6) is 1.11. The highest BCUT2D eigenvalue weighted by Gasteiger charge is 2.26. The number of fused-ring (bicyclic) bond motifs is 2. The predicted molar refractivity (Wildman–Crippen MR) is 98.8 cm³/mol. The van der Waals surface area contributed by atoms with E-state index in [0.29, 0.717) is 29.8 Å². The lowest BCUT2D eigenvalue weighted by Crippen LogP contribution is -2.43. The van der Waals surface area contributed by atoms with Gasteiger partial charge in [-0.1, -0.05) is 24.2 Å². The van der Waals surface area contributed by atoms with Crippen LogP contribution in [0.2, 0.25) is 0 Å². The third kappa shape index (κ3) is 3.46. The Morgan fingerprint density at radius 1 is 1.19 bits per heavy atom. The van der Waals surface area contributed by atoms with E-state index in [2.05, 4.69) is 15.6 Å². The molecule has 2 aliphatic rings. The monoisotopic (exact) mass is 375 g/mol. The lowest BCUT2D eigenvalue weighted by molar-refractivity contribution is -0.128. The summed E-state index contributed by atoms with van der Waals surface area (Å²) in [5, 5.41) is 6.09. The molecule has 2 heterocycles. The minimum atomic E-state index is -0.602. The van der Waals surface area contributed by atoms with E-state index in [9.17, 15) is 9.59 Å². The zero-order valence-corrected chi connectivity index (χ0v) is 15.4. The first-order valence-corrected chi connectivity index (χ1v) is 9.73. The molecule has 26 heavy (non-hydrogen) atoms. The Labute approximate surface area is 155 Å². The molecule has 1 aliphatic carbocycles. The molecule has 2 N–H and O–H groups in total. The minimum absolute atomic E-state index is 0.0311. The first-order valence-electron chi connectivity index (χ1n) is 8.91. The largest absolute Gasteiger partial charge is 0.486 e. The highest BCUT2D eigenvalue weighted by Crippen LogP contribution is 2.37. The molecule has 1 aliphatic heterocycles. The third-order valence-electron chi connectivity index (χ3n) is 4.76. The lowest BCUT2D eigenvalue weighted by atomic mass is 10.1. The van der Waals surface area contributed by atoms with Gasteiger partial charge in [0.1, 0.15) is 19.3 Å². The summed E-state index contributed by atoms with van der Waals surface area (Å²) in [7, 11) is 0. The molecule has 8 heteroatoms. The van der Waals surface area contributed by atoms with Crippen molar-refractivity contribution >= 4 is 38.5 Å². The van der Waals surface area contributed by atoms with Crippen LogP contribution < -0.4 is 20.1 Å². The van der Waals surface area contributed by atoms with Gasteiger partial charge < -0.3 is 20.1 Å². The van der Waals surface area contributed by atoms with Crippen molar-refractivity contribution in [1.29, 1.82) is 0 Å². The molecule has 0 bridgehead atoms. The Bertz CT molecular complexity index is 801. The zero-order valence-electron chi connectivity index (χ0n) is 14.5. The van der Waals surface area contributed by atoms with Gasteiger partial charge in [0.2, 0.25) is 11.8 Å². The van der Waals surface area contributed by atoms with Gasteiger partial charge in [0.25, 0.3) is 0 Å². The summed E-state index contributed by atoms with van der Waals surface area (Å²) in [6, 6.07) is 3.10. The summed E-state index contributed by atoms with van der Waals surface area (Å²) >= 11 is 1.37. The number of anilines is 1. The van der Waals surface area contributed by atoms with Crippen LogP contribution in [0.4, 0.5) is 5.13 Å². The quantitative estimate of drug-likeness (QED) is 0.858. The summed E-state index contributed by atoms with van der Waals surface area (Å²) in [6.45, 7) is 2.74. The number of nitrogens with zero attached hydrogens (tertiary/aromatic N) is 1. The van der Waals surface area contributed by atoms with E-state index in [1.165, 1.54) is 11.3 Å². The zero-order chi connectivity index (χ0) is 18.1. The number of thiazole rings is 1. The van der Waals surface area contributed by atoms with Gasteiger partial charge in [-0.15, -0.1) is 0 Å². The Morgan fingerprint density at radius 2 is 1.88 bits per heavy atom. The maximum Gasteiger partial charge on any atom is 0.248 e. The van der Waals surface area contributed by atoms with E-state index in [0.717, 1.165) is 35.9 Å². The van der Waals surface area contributed by atoms with Crippen LogP contribution >= 0.6 is 11.3 Å². The standard InChI is InChI=1S/C18H21N3O4S/c1-10(19-17(23)11-4-2-3-5-11)16(22)21-18-20-12-8-13-14(9-15(12)26-18)25-7-6-24-13/h8-11H,2-7H2,1H3,(H,19,23)(H,20,21,22)/t10-/m1/s1. The number of hydrogen-bond donors (Lipinski definition) is 2. The highest BCUT2D eigenvalue weighted by molar-refractivity contribution is 7.22. The molecular formula is C18H21N3O4S. The van der Waals surface area contributed by atoms with Crippen LogP contribution in [0, 0.1) is 5.92 Å². The van der Waals surface area contributed by atoms with Crippen molar-refractivity contribution in [2.24, 2.45) is 5.92 Å². The average molecular weight is 375 g/mol. The van der Waals surface area contributed by atoms with E-state index in [4.69, 9.17) is 9.47 Å². The second-order valence-electron chi connectivity index (χ2n) is 6.68. The van der Waals surface area contributed by atoms with E-state index < -0.39 is 6.04 Å². The van der Waals surface area contributed by atoms with Gasteiger partial charge in [0, 0.05) is 18.1 Å². The topological polar surface area (TPSA) is 89.6 Å². The molecule has 1 aromatic heterocycles. The maximum atomic E-state index is 12.4. The fourth-order valence-electron chi connectivity index (χ4n) is 3.32. The van der Waals surface area contributed by atoms with Crippen molar-refractivity contribution in [3.8, 4) is 11.5 Å². The molecule has 1 atom stereocenters. The molecule has 1 fully saturated rings.